The first kappa shape index (κ1) is 11.9. The van der Waals surface area contributed by atoms with Crippen LogP contribution in [-0.2, 0) is 9.84 Å². The summed E-state index contributed by atoms with van der Waals surface area (Å²) in [7, 11) is -2.76. The zero-order valence-corrected chi connectivity index (χ0v) is 11.1. The highest BCUT2D eigenvalue weighted by atomic mass is 32.2. The van der Waals surface area contributed by atoms with Crippen LogP contribution in [0.3, 0.4) is 0 Å². The lowest BCUT2D eigenvalue weighted by Crippen LogP contribution is -2.44. The molecule has 5 heteroatoms. The van der Waals surface area contributed by atoms with Gasteiger partial charge in [-0.25, -0.2) is 8.42 Å². The number of piperidine rings is 1. The highest BCUT2D eigenvalue weighted by molar-refractivity contribution is 7.91. The molecular weight excluding hydrogens is 236 g/mol. The number of likely N-dealkylation sites (tertiary alicyclic amines) is 1. The zero-order valence-electron chi connectivity index (χ0n) is 10.3. The van der Waals surface area contributed by atoms with Gasteiger partial charge >= 0.3 is 0 Å². The van der Waals surface area contributed by atoms with E-state index in [0.29, 0.717) is 23.6 Å². The quantitative estimate of drug-likeness (QED) is 0.732. The molecule has 0 spiro atoms. The number of nitrogens with zero attached hydrogens (tertiary/aromatic N) is 1. The second-order valence-electron chi connectivity index (χ2n) is 5.83. The van der Waals surface area contributed by atoms with Crippen LogP contribution in [0.1, 0.15) is 25.7 Å². The summed E-state index contributed by atoms with van der Waals surface area (Å²) in [6, 6.07) is 0.912. The van der Waals surface area contributed by atoms with Gasteiger partial charge in [-0.2, -0.15) is 0 Å². The van der Waals surface area contributed by atoms with E-state index in [-0.39, 0.29) is 0 Å². The molecule has 0 saturated carbocycles. The van der Waals surface area contributed by atoms with Gasteiger partial charge < -0.3 is 5.32 Å². The molecule has 0 amide bonds. The zero-order chi connectivity index (χ0) is 11.9. The lowest BCUT2D eigenvalue weighted by molar-refractivity contribution is 0.232. The Balaban J connectivity index is 1.65. The van der Waals surface area contributed by atoms with Gasteiger partial charge in [-0.15, -0.1) is 0 Å². The maximum Gasteiger partial charge on any atom is 0.151 e. The smallest absolute Gasteiger partial charge is 0.151 e. The molecule has 3 atom stereocenters. The summed E-state index contributed by atoms with van der Waals surface area (Å²) in [6.07, 6.45) is 4.51. The number of rotatable bonds is 1. The topological polar surface area (TPSA) is 49.4 Å². The molecule has 0 aromatic heterocycles. The summed E-state index contributed by atoms with van der Waals surface area (Å²) in [6.45, 7) is 3.31. The van der Waals surface area contributed by atoms with Crippen molar-refractivity contribution in [3.63, 3.8) is 0 Å². The Bertz CT molecular complexity index is 368. The van der Waals surface area contributed by atoms with Gasteiger partial charge in [0, 0.05) is 25.2 Å². The Kier molecular flexibility index (Phi) is 3.17. The highest BCUT2D eigenvalue weighted by Crippen LogP contribution is 2.29. The summed E-state index contributed by atoms with van der Waals surface area (Å²) >= 11 is 0. The van der Waals surface area contributed by atoms with E-state index in [1.165, 1.54) is 12.8 Å². The van der Waals surface area contributed by atoms with Crippen molar-refractivity contribution in [1.82, 2.24) is 10.2 Å². The van der Waals surface area contributed by atoms with E-state index in [2.05, 4.69) is 10.2 Å². The van der Waals surface area contributed by atoms with E-state index >= 15 is 0 Å². The molecule has 4 nitrogen and oxygen atoms in total. The van der Waals surface area contributed by atoms with Crippen LogP contribution in [0, 0.1) is 5.92 Å². The van der Waals surface area contributed by atoms with Crippen molar-refractivity contribution in [3.8, 4) is 0 Å². The van der Waals surface area contributed by atoms with Gasteiger partial charge in [-0.1, -0.05) is 0 Å². The Morgan fingerprint density at radius 3 is 2.76 bits per heavy atom. The lowest BCUT2D eigenvalue weighted by atomic mass is 9.94. The molecular formula is C12H22N2O2S. The minimum Gasteiger partial charge on any atom is -0.312 e. The Labute approximate surface area is 104 Å². The molecule has 98 valence electrons. The van der Waals surface area contributed by atoms with Crippen LogP contribution in [0.2, 0.25) is 0 Å². The van der Waals surface area contributed by atoms with E-state index in [0.717, 1.165) is 38.4 Å². The van der Waals surface area contributed by atoms with Crippen molar-refractivity contribution in [1.29, 1.82) is 0 Å². The van der Waals surface area contributed by atoms with Gasteiger partial charge in [0.25, 0.3) is 0 Å². The Morgan fingerprint density at radius 2 is 2.00 bits per heavy atom. The first-order valence-electron chi connectivity index (χ1n) is 6.82. The van der Waals surface area contributed by atoms with Gasteiger partial charge in [-0.3, -0.25) is 4.90 Å². The minimum atomic E-state index is -2.76. The molecule has 0 bridgehead atoms. The van der Waals surface area contributed by atoms with Crippen molar-refractivity contribution < 1.29 is 8.42 Å². The standard InChI is InChI=1S/C12H22N2O2S/c15-17(16)6-2-4-11(9-17)14-7-10-3-1-5-13-12(10)8-14/h10-13H,1-9H2/t10-,11?,12+/m0/s1. The largest absolute Gasteiger partial charge is 0.312 e. The molecule has 3 fully saturated rings. The van der Waals surface area contributed by atoms with E-state index < -0.39 is 9.84 Å². The van der Waals surface area contributed by atoms with Gasteiger partial charge in [0.2, 0.25) is 0 Å². The second kappa shape index (κ2) is 4.52. The number of fused-ring (bicyclic) bond motifs is 1. The van der Waals surface area contributed by atoms with E-state index in [9.17, 15) is 8.42 Å². The first-order chi connectivity index (χ1) is 8.14. The maximum atomic E-state index is 11.7. The van der Waals surface area contributed by atoms with Crippen LogP contribution in [0.25, 0.3) is 0 Å². The first-order valence-corrected chi connectivity index (χ1v) is 8.64. The van der Waals surface area contributed by atoms with Gasteiger partial charge in [-0.05, 0) is 38.1 Å². The summed E-state index contributed by atoms with van der Waals surface area (Å²) in [5.41, 5.74) is 0. The minimum absolute atomic E-state index is 0.293. The third-order valence-corrected chi connectivity index (χ3v) is 6.39. The molecule has 1 unspecified atom stereocenters. The van der Waals surface area contributed by atoms with Crippen LogP contribution in [-0.4, -0.2) is 56.5 Å². The van der Waals surface area contributed by atoms with Crippen LogP contribution < -0.4 is 5.32 Å². The molecule has 3 saturated heterocycles. The van der Waals surface area contributed by atoms with Crippen LogP contribution >= 0.6 is 0 Å². The molecule has 0 aromatic carbocycles. The highest BCUT2D eigenvalue weighted by Gasteiger charge is 2.39. The summed E-state index contributed by atoms with van der Waals surface area (Å²) in [5, 5.41) is 3.58. The van der Waals surface area contributed by atoms with Gasteiger partial charge in [0.1, 0.15) is 0 Å². The molecule has 3 aliphatic rings. The van der Waals surface area contributed by atoms with Crippen molar-refractivity contribution in [3.05, 3.63) is 0 Å². The third kappa shape index (κ3) is 2.51. The van der Waals surface area contributed by atoms with Gasteiger partial charge in [0.15, 0.2) is 9.84 Å². The molecule has 3 aliphatic heterocycles. The Morgan fingerprint density at radius 1 is 1.12 bits per heavy atom. The fraction of sp³-hybridized carbons (Fsp3) is 1.00. The number of hydrogen-bond donors (Lipinski definition) is 1. The number of sulfone groups is 1. The number of hydrogen-bond acceptors (Lipinski definition) is 4. The fourth-order valence-corrected chi connectivity index (χ4v) is 5.40. The fourth-order valence-electron chi connectivity index (χ4n) is 3.66. The van der Waals surface area contributed by atoms with Crippen LogP contribution in [0.4, 0.5) is 0 Å². The molecule has 3 rings (SSSR count). The molecule has 17 heavy (non-hydrogen) atoms. The maximum absolute atomic E-state index is 11.7. The van der Waals surface area contributed by atoms with Crippen LogP contribution in [0.5, 0.6) is 0 Å². The van der Waals surface area contributed by atoms with Crippen LogP contribution in [0.15, 0.2) is 0 Å². The molecule has 1 N–H and O–H groups in total. The molecule has 0 aromatic rings. The second-order valence-corrected chi connectivity index (χ2v) is 8.06. The normalized spacial score (nSPS) is 42.2. The van der Waals surface area contributed by atoms with Crippen molar-refractivity contribution in [2.45, 2.75) is 37.8 Å². The summed E-state index contributed by atoms with van der Waals surface area (Å²) in [5.74, 6) is 1.56. The number of nitrogens with one attached hydrogen (secondary N) is 1. The molecule has 3 heterocycles. The molecule has 0 radical (unpaired) electrons. The summed E-state index contributed by atoms with van der Waals surface area (Å²) < 4.78 is 23.4. The molecule has 0 aliphatic carbocycles. The van der Waals surface area contributed by atoms with E-state index in [1.807, 2.05) is 0 Å². The van der Waals surface area contributed by atoms with E-state index in [1.54, 1.807) is 0 Å². The van der Waals surface area contributed by atoms with Crippen molar-refractivity contribution >= 4 is 9.84 Å². The predicted molar refractivity (Wildman–Crippen MR) is 67.8 cm³/mol. The van der Waals surface area contributed by atoms with Crippen molar-refractivity contribution in [2.24, 2.45) is 5.92 Å². The monoisotopic (exact) mass is 258 g/mol. The van der Waals surface area contributed by atoms with Gasteiger partial charge in [0.05, 0.1) is 11.5 Å². The summed E-state index contributed by atoms with van der Waals surface area (Å²) in [4.78, 5) is 2.43. The average molecular weight is 258 g/mol. The predicted octanol–water partition coefficient (Wildman–Crippen LogP) is 0.247. The average Bonchev–Trinajstić information content (AvgIpc) is 2.71. The van der Waals surface area contributed by atoms with E-state index in [4.69, 9.17) is 0 Å². The SMILES string of the molecule is O=S1(=O)CCCC(N2C[C@@H]3CCCN[C@@H]3C2)C1. The lowest BCUT2D eigenvalue weighted by Gasteiger charge is -2.30. The van der Waals surface area contributed by atoms with Crippen molar-refractivity contribution in [2.75, 3.05) is 31.1 Å². The Hall–Kier alpha value is -0.130. The third-order valence-electron chi connectivity index (χ3n) is 4.58.